The minimum atomic E-state index is 0.362. The molecule has 1 atom stereocenters. The minimum Gasteiger partial charge on any atom is -0.295 e. The standard InChI is InChI=1S/C9H14O/c1-3-8-6-7(2)4-5-9(8)10/h6-7H,3-5H2,1-2H3/t7-/m0/s1. The Bertz CT molecular complexity index is 168. The van der Waals surface area contributed by atoms with Crippen molar-refractivity contribution in [3.8, 4) is 0 Å². The normalized spacial score (nSPS) is 26.4. The van der Waals surface area contributed by atoms with Crippen molar-refractivity contribution in [1.29, 1.82) is 0 Å². The monoisotopic (exact) mass is 138 g/mol. The van der Waals surface area contributed by atoms with E-state index in [1.54, 1.807) is 0 Å². The van der Waals surface area contributed by atoms with Gasteiger partial charge in [0.05, 0.1) is 0 Å². The van der Waals surface area contributed by atoms with Gasteiger partial charge < -0.3 is 0 Å². The summed E-state index contributed by atoms with van der Waals surface area (Å²) >= 11 is 0. The molecule has 0 amide bonds. The second-order valence-corrected chi connectivity index (χ2v) is 2.98. The fourth-order valence-corrected chi connectivity index (χ4v) is 1.35. The van der Waals surface area contributed by atoms with Crippen molar-refractivity contribution in [3.05, 3.63) is 11.6 Å². The summed E-state index contributed by atoms with van der Waals surface area (Å²) in [5.41, 5.74) is 1.04. The van der Waals surface area contributed by atoms with Crippen LogP contribution in [0.15, 0.2) is 11.6 Å². The summed E-state index contributed by atoms with van der Waals surface area (Å²) in [6.45, 7) is 4.21. The average Bonchev–Trinajstić information content (AvgIpc) is 1.94. The molecule has 1 aliphatic rings. The van der Waals surface area contributed by atoms with Crippen molar-refractivity contribution in [1.82, 2.24) is 0 Å². The van der Waals surface area contributed by atoms with Crippen molar-refractivity contribution in [2.45, 2.75) is 33.1 Å². The Morgan fingerprint density at radius 1 is 1.70 bits per heavy atom. The van der Waals surface area contributed by atoms with E-state index < -0.39 is 0 Å². The van der Waals surface area contributed by atoms with E-state index in [1.807, 2.05) is 6.92 Å². The quantitative estimate of drug-likeness (QED) is 0.543. The molecule has 0 bridgehead atoms. The van der Waals surface area contributed by atoms with Crippen LogP contribution in [0.25, 0.3) is 0 Å². The summed E-state index contributed by atoms with van der Waals surface area (Å²) in [5, 5.41) is 0. The topological polar surface area (TPSA) is 17.1 Å². The highest BCUT2D eigenvalue weighted by atomic mass is 16.1. The Kier molecular flexibility index (Phi) is 2.25. The molecule has 0 aromatic heterocycles. The molecule has 1 heteroatoms. The maximum Gasteiger partial charge on any atom is 0.158 e. The van der Waals surface area contributed by atoms with Crippen LogP contribution in [0, 0.1) is 5.92 Å². The van der Waals surface area contributed by atoms with Gasteiger partial charge in [0, 0.05) is 6.42 Å². The van der Waals surface area contributed by atoms with Crippen LogP contribution >= 0.6 is 0 Å². The van der Waals surface area contributed by atoms with Crippen LogP contribution in [-0.4, -0.2) is 5.78 Å². The first-order valence-corrected chi connectivity index (χ1v) is 3.98. The van der Waals surface area contributed by atoms with Gasteiger partial charge >= 0.3 is 0 Å². The van der Waals surface area contributed by atoms with Crippen molar-refractivity contribution in [2.24, 2.45) is 5.92 Å². The van der Waals surface area contributed by atoms with Crippen LogP contribution in [-0.2, 0) is 4.79 Å². The van der Waals surface area contributed by atoms with Gasteiger partial charge in [0.2, 0.25) is 0 Å². The minimum absolute atomic E-state index is 0.362. The van der Waals surface area contributed by atoms with E-state index >= 15 is 0 Å². The molecule has 0 saturated heterocycles. The van der Waals surface area contributed by atoms with E-state index in [0.29, 0.717) is 11.7 Å². The summed E-state index contributed by atoms with van der Waals surface area (Å²) in [4.78, 5) is 11.1. The third-order valence-corrected chi connectivity index (χ3v) is 2.05. The van der Waals surface area contributed by atoms with Crippen LogP contribution in [0.3, 0.4) is 0 Å². The molecule has 1 aliphatic carbocycles. The zero-order valence-electron chi connectivity index (χ0n) is 6.68. The average molecular weight is 138 g/mol. The lowest BCUT2D eigenvalue weighted by molar-refractivity contribution is -0.116. The molecule has 10 heavy (non-hydrogen) atoms. The van der Waals surface area contributed by atoms with Crippen LogP contribution in [0.1, 0.15) is 33.1 Å². The number of rotatable bonds is 1. The molecule has 0 aliphatic heterocycles. The Morgan fingerprint density at radius 2 is 2.40 bits per heavy atom. The number of hydrogen-bond donors (Lipinski definition) is 0. The van der Waals surface area contributed by atoms with E-state index in [2.05, 4.69) is 13.0 Å². The smallest absolute Gasteiger partial charge is 0.158 e. The molecule has 1 nitrogen and oxygen atoms in total. The van der Waals surface area contributed by atoms with Gasteiger partial charge in [-0.15, -0.1) is 0 Å². The van der Waals surface area contributed by atoms with Gasteiger partial charge in [-0.25, -0.2) is 0 Å². The largest absolute Gasteiger partial charge is 0.295 e. The number of carbonyl (C=O) groups excluding carboxylic acids is 1. The Hall–Kier alpha value is -0.590. The molecule has 0 N–H and O–H groups in total. The number of ketones is 1. The predicted molar refractivity (Wildman–Crippen MR) is 41.8 cm³/mol. The number of Topliss-reactive ketones (excluding diaryl/α,β-unsaturated/α-hetero) is 1. The van der Waals surface area contributed by atoms with Crippen molar-refractivity contribution in [3.63, 3.8) is 0 Å². The highest BCUT2D eigenvalue weighted by Crippen LogP contribution is 2.20. The molecule has 1 rings (SSSR count). The first-order valence-electron chi connectivity index (χ1n) is 3.98. The lowest BCUT2D eigenvalue weighted by Gasteiger charge is -2.14. The summed E-state index contributed by atoms with van der Waals surface area (Å²) in [6.07, 6.45) is 4.83. The first kappa shape index (κ1) is 7.52. The van der Waals surface area contributed by atoms with Gasteiger partial charge in [-0.05, 0) is 24.3 Å². The summed E-state index contributed by atoms with van der Waals surface area (Å²) in [6, 6.07) is 0. The molecule has 0 saturated carbocycles. The molecular formula is C9H14O. The van der Waals surface area contributed by atoms with Gasteiger partial charge in [-0.3, -0.25) is 4.79 Å². The van der Waals surface area contributed by atoms with Gasteiger partial charge in [0.1, 0.15) is 0 Å². The van der Waals surface area contributed by atoms with E-state index in [0.717, 1.165) is 24.8 Å². The van der Waals surface area contributed by atoms with Crippen LogP contribution in [0.4, 0.5) is 0 Å². The molecule has 0 fully saturated rings. The summed E-state index contributed by atoms with van der Waals surface area (Å²) in [5.74, 6) is 0.980. The van der Waals surface area contributed by atoms with E-state index in [4.69, 9.17) is 0 Å². The van der Waals surface area contributed by atoms with Crippen molar-refractivity contribution in [2.75, 3.05) is 0 Å². The lowest BCUT2D eigenvalue weighted by Crippen LogP contribution is -2.11. The molecule has 0 aromatic rings. The van der Waals surface area contributed by atoms with Crippen molar-refractivity contribution >= 4 is 5.78 Å². The number of carbonyl (C=O) groups is 1. The van der Waals surface area contributed by atoms with E-state index in [1.165, 1.54) is 0 Å². The zero-order chi connectivity index (χ0) is 7.56. The molecule has 56 valence electrons. The van der Waals surface area contributed by atoms with Crippen LogP contribution in [0.2, 0.25) is 0 Å². The highest BCUT2D eigenvalue weighted by Gasteiger charge is 2.15. The van der Waals surface area contributed by atoms with Gasteiger partial charge in [0.15, 0.2) is 5.78 Å². The molecule has 0 unspecified atom stereocenters. The SMILES string of the molecule is CCC1=C[C@@H](C)CCC1=O. The zero-order valence-corrected chi connectivity index (χ0v) is 6.68. The summed E-state index contributed by atoms with van der Waals surface area (Å²) < 4.78 is 0. The van der Waals surface area contributed by atoms with Crippen molar-refractivity contribution < 1.29 is 4.79 Å². The lowest BCUT2D eigenvalue weighted by atomic mass is 9.90. The molecular weight excluding hydrogens is 124 g/mol. The first-order chi connectivity index (χ1) is 4.74. The van der Waals surface area contributed by atoms with Crippen LogP contribution < -0.4 is 0 Å². The fourth-order valence-electron chi connectivity index (χ4n) is 1.35. The maximum absolute atomic E-state index is 11.1. The molecule has 0 heterocycles. The second kappa shape index (κ2) is 3.00. The van der Waals surface area contributed by atoms with Gasteiger partial charge in [-0.1, -0.05) is 19.9 Å². The Labute approximate surface area is 62.1 Å². The third kappa shape index (κ3) is 1.47. The summed E-state index contributed by atoms with van der Waals surface area (Å²) in [7, 11) is 0. The number of hydrogen-bond acceptors (Lipinski definition) is 1. The van der Waals surface area contributed by atoms with Gasteiger partial charge in [-0.2, -0.15) is 0 Å². The van der Waals surface area contributed by atoms with E-state index in [9.17, 15) is 4.79 Å². The Balaban J connectivity index is 2.72. The number of allylic oxidation sites excluding steroid dienone is 2. The van der Waals surface area contributed by atoms with E-state index in [-0.39, 0.29) is 0 Å². The fraction of sp³-hybridized carbons (Fsp3) is 0.667. The predicted octanol–water partition coefficient (Wildman–Crippen LogP) is 2.32. The second-order valence-electron chi connectivity index (χ2n) is 2.98. The highest BCUT2D eigenvalue weighted by molar-refractivity contribution is 5.95. The molecule has 0 spiro atoms. The Morgan fingerprint density at radius 3 is 2.90 bits per heavy atom. The van der Waals surface area contributed by atoms with Gasteiger partial charge in [0.25, 0.3) is 0 Å². The maximum atomic E-state index is 11.1. The molecule has 0 radical (unpaired) electrons. The van der Waals surface area contributed by atoms with Crippen LogP contribution in [0.5, 0.6) is 0 Å². The molecule has 0 aromatic carbocycles. The third-order valence-electron chi connectivity index (χ3n) is 2.05.